The summed E-state index contributed by atoms with van der Waals surface area (Å²) in [5, 5.41) is 4.07. The Morgan fingerprint density at radius 3 is 2.54 bits per heavy atom. The lowest BCUT2D eigenvalue weighted by Crippen LogP contribution is -2.42. The summed E-state index contributed by atoms with van der Waals surface area (Å²) in [6.07, 6.45) is 3.96. The molecule has 3 rings (SSSR count). The summed E-state index contributed by atoms with van der Waals surface area (Å²) < 4.78 is 5.64. The predicted molar refractivity (Wildman–Crippen MR) is 92.7 cm³/mol. The Balaban J connectivity index is 1.86. The van der Waals surface area contributed by atoms with Crippen LogP contribution in [0.2, 0.25) is 15.2 Å². The van der Waals surface area contributed by atoms with Crippen molar-refractivity contribution in [2.75, 3.05) is 7.11 Å². The second-order valence-corrected chi connectivity index (χ2v) is 6.79. The highest BCUT2D eigenvalue weighted by atomic mass is 35.5. The summed E-state index contributed by atoms with van der Waals surface area (Å²) in [4.78, 5) is 20.4. The summed E-state index contributed by atoms with van der Waals surface area (Å²) in [6.45, 7) is 0. The Morgan fingerprint density at radius 1 is 1.25 bits per heavy atom. The number of methoxy groups -OCH3 is 1. The fraction of sp³-hybridized carbons (Fsp3) is 0.312. The molecule has 0 spiro atoms. The van der Waals surface area contributed by atoms with Gasteiger partial charge in [-0.2, -0.15) is 0 Å². The molecular weight excluding hydrogens is 373 g/mol. The van der Waals surface area contributed by atoms with Gasteiger partial charge in [-0.15, -0.1) is 0 Å². The van der Waals surface area contributed by atoms with Gasteiger partial charge in [0.25, 0.3) is 5.91 Å². The molecule has 0 aliphatic heterocycles. The Bertz CT molecular complexity index is 781. The van der Waals surface area contributed by atoms with E-state index < -0.39 is 17.6 Å². The number of nitrogens with zero attached hydrogens (tertiary/aromatic N) is 2. The number of hydrogen-bond acceptors (Lipinski definition) is 4. The van der Waals surface area contributed by atoms with E-state index >= 15 is 0 Å². The number of nitrogens with one attached hydrogen (secondary N) is 1. The zero-order chi connectivity index (χ0) is 17.3. The lowest BCUT2D eigenvalue weighted by atomic mass is 9.99. The number of carbonyl (C=O) groups excluding carboxylic acids is 1. The molecule has 1 aromatic heterocycles. The average molecular weight is 387 g/mol. The van der Waals surface area contributed by atoms with Gasteiger partial charge in [0.1, 0.15) is 6.10 Å². The largest absolute Gasteiger partial charge is 0.374 e. The summed E-state index contributed by atoms with van der Waals surface area (Å²) in [6, 6.07) is 5.20. The number of amides is 1. The van der Waals surface area contributed by atoms with Gasteiger partial charge < -0.3 is 10.1 Å². The third kappa shape index (κ3) is 3.35. The minimum absolute atomic E-state index is 0.0595. The molecule has 8 heteroatoms. The fourth-order valence-corrected chi connectivity index (χ4v) is 3.41. The van der Waals surface area contributed by atoms with Crippen LogP contribution in [0.15, 0.2) is 30.6 Å². The highest BCUT2D eigenvalue weighted by molar-refractivity contribution is 6.35. The number of rotatable bonds is 5. The molecule has 5 nitrogen and oxygen atoms in total. The number of benzene rings is 1. The van der Waals surface area contributed by atoms with E-state index in [9.17, 15) is 4.79 Å². The first-order chi connectivity index (χ1) is 11.5. The molecule has 1 heterocycles. The lowest BCUT2D eigenvalue weighted by molar-refractivity contribution is 0.0521. The standard InChI is InChI=1S/C16H14Cl3N3O2/c1-24-13(10-3-2-9(17)8-11(10)18)16(4-5-16)22-15(23)12-14(19)21-7-6-20-12/h2-3,6-8,13H,4-5H2,1H3,(H,22,23). The van der Waals surface area contributed by atoms with Crippen molar-refractivity contribution in [3.63, 3.8) is 0 Å². The van der Waals surface area contributed by atoms with Gasteiger partial charge in [-0.1, -0.05) is 40.9 Å². The first kappa shape index (κ1) is 17.4. The van der Waals surface area contributed by atoms with Crippen molar-refractivity contribution in [3.05, 3.63) is 57.0 Å². The van der Waals surface area contributed by atoms with Crippen LogP contribution in [0.25, 0.3) is 0 Å². The molecule has 1 unspecified atom stereocenters. The van der Waals surface area contributed by atoms with Crippen molar-refractivity contribution in [2.24, 2.45) is 0 Å². The number of halogens is 3. The summed E-state index contributed by atoms with van der Waals surface area (Å²) >= 11 is 18.2. The average Bonchev–Trinajstić information content (AvgIpc) is 3.30. The van der Waals surface area contributed by atoms with E-state index in [-0.39, 0.29) is 10.8 Å². The van der Waals surface area contributed by atoms with Crippen LogP contribution in [0.1, 0.15) is 35.0 Å². The van der Waals surface area contributed by atoms with Crippen LogP contribution in [0, 0.1) is 0 Å². The molecule has 0 saturated heterocycles. The van der Waals surface area contributed by atoms with Crippen LogP contribution < -0.4 is 5.32 Å². The molecule has 1 aromatic carbocycles. The van der Waals surface area contributed by atoms with Crippen molar-refractivity contribution < 1.29 is 9.53 Å². The van der Waals surface area contributed by atoms with E-state index in [1.54, 1.807) is 25.3 Å². The van der Waals surface area contributed by atoms with Gasteiger partial charge in [0.05, 0.1) is 5.54 Å². The van der Waals surface area contributed by atoms with E-state index in [1.807, 2.05) is 0 Å². The van der Waals surface area contributed by atoms with Gasteiger partial charge in [0, 0.05) is 35.1 Å². The normalized spacial score (nSPS) is 16.5. The maximum Gasteiger partial charge on any atom is 0.273 e. The van der Waals surface area contributed by atoms with Crippen LogP contribution >= 0.6 is 34.8 Å². The van der Waals surface area contributed by atoms with Gasteiger partial charge in [0.15, 0.2) is 10.8 Å². The Morgan fingerprint density at radius 2 is 1.96 bits per heavy atom. The molecule has 24 heavy (non-hydrogen) atoms. The SMILES string of the molecule is COC(c1ccc(Cl)cc1Cl)C1(NC(=O)c2nccnc2Cl)CC1. The molecule has 1 aliphatic rings. The lowest BCUT2D eigenvalue weighted by Gasteiger charge is -2.28. The van der Waals surface area contributed by atoms with Crippen LogP contribution in [-0.4, -0.2) is 28.5 Å². The molecule has 1 saturated carbocycles. The van der Waals surface area contributed by atoms with Crippen LogP contribution in [0.3, 0.4) is 0 Å². The fourth-order valence-electron chi connectivity index (χ4n) is 2.71. The maximum atomic E-state index is 12.5. The van der Waals surface area contributed by atoms with E-state index in [4.69, 9.17) is 39.5 Å². The van der Waals surface area contributed by atoms with Crippen molar-refractivity contribution in [2.45, 2.75) is 24.5 Å². The van der Waals surface area contributed by atoms with Crippen LogP contribution in [0.4, 0.5) is 0 Å². The minimum atomic E-state index is -0.551. The maximum absolute atomic E-state index is 12.5. The second kappa shape index (κ2) is 6.84. The number of aromatic nitrogens is 2. The Labute approximate surface area is 154 Å². The monoisotopic (exact) mass is 385 g/mol. The van der Waals surface area contributed by atoms with E-state index in [2.05, 4.69) is 15.3 Å². The number of hydrogen-bond donors (Lipinski definition) is 1. The van der Waals surface area contributed by atoms with Crippen molar-refractivity contribution in [3.8, 4) is 0 Å². The number of ether oxygens (including phenoxy) is 1. The van der Waals surface area contributed by atoms with E-state index in [0.717, 1.165) is 18.4 Å². The van der Waals surface area contributed by atoms with E-state index in [0.29, 0.717) is 10.0 Å². The van der Waals surface area contributed by atoms with Crippen molar-refractivity contribution >= 4 is 40.7 Å². The molecule has 1 amide bonds. The number of carbonyl (C=O) groups is 1. The smallest absolute Gasteiger partial charge is 0.273 e. The Hall–Kier alpha value is -1.40. The highest BCUT2D eigenvalue weighted by Gasteiger charge is 2.52. The minimum Gasteiger partial charge on any atom is -0.374 e. The predicted octanol–water partition coefficient (Wildman–Crippen LogP) is 4.09. The van der Waals surface area contributed by atoms with Crippen molar-refractivity contribution in [1.29, 1.82) is 0 Å². The third-order valence-electron chi connectivity index (χ3n) is 4.00. The molecule has 0 radical (unpaired) electrons. The molecule has 1 atom stereocenters. The quantitative estimate of drug-likeness (QED) is 0.840. The molecule has 2 aromatic rings. The zero-order valence-electron chi connectivity index (χ0n) is 12.7. The van der Waals surface area contributed by atoms with Crippen LogP contribution in [-0.2, 0) is 4.74 Å². The van der Waals surface area contributed by atoms with E-state index in [1.165, 1.54) is 12.4 Å². The van der Waals surface area contributed by atoms with Gasteiger partial charge in [-0.25, -0.2) is 9.97 Å². The zero-order valence-corrected chi connectivity index (χ0v) is 15.0. The molecule has 1 fully saturated rings. The third-order valence-corrected chi connectivity index (χ3v) is 4.84. The topological polar surface area (TPSA) is 64.1 Å². The van der Waals surface area contributed by atoms with Gasteiger partial charge in [-0.05, 0) is 25.0 Å². The summed E-state index contributed by atoms with van der Waals surface area (Å²) in [5.41, 5.74) is 0.304. The molecule has 1 N–H and O–H groups in total. The van der Waals surface area contributed by atoms with Crippen molar-refractivity contribution in [1.82, 2.24) is 15.3 Å². The second-order valence-electron chi connectivity index (χ2n) is 5.59. The van der Waals surface area contributed by atoms with Gasteiger partial charge in [0.2, 0.25) is 0 Å². The first-order valence-electron chi connectivity index (χ1n) is 7.23. The molecule has 0 bridgehead atoms. The first-order valence-corrected chi connectivity index (χ1v) is 8.37. The Kier molecular flexibility index (Phi) is 4.97. The van der Waals surface area contributed by atoms with Gasteiger partial charge >= 0.3 is 0 Å². The van der Waals surface area contributed by atoms with Crippen LogP contribution in [0.5, 0.6) is 0 Å². The van der Waals surface area contributed by atoms with Gasteiger partial charge in [-0.3, -0.25) is 4.79 Å². The molecule has 126 valence electrons. The summed E-state index contributed by atoms with van der Waals surface area (Å²) in [5.74, 6) is -0.391. The highest BCUT2D eigenvalue weighted by Crippen LogP contribution is 2.49. The molecular formula is C16H14Cl3N3O2. The summed E-state index contributed by atoms with van der Waals surface area (Å²) in [7, 11) is 1.58. The molecule has 1 aliphatic carbocycles.